The number of carboxylic acid groups (broad SMARTS) is 1. The smallest absolute Gasteiger partial charge is 0.416 e. The molecule has 0 aliphatic carbocycles. The number of carboxylic acids is 1. The van der Waals surface area contributed by atoms with Crippen molar-refractivity contribution in [3.8, 4) is 16.9 Å². The first kappa shape index (κ1) is 35.7. The highest BCUT2D eigenvalue weighted by Gasteiger charge is 2.37. The van der Waals surface area contributed by atoms with E-state index in [4.69, 9.17) is 14.5 Å². The van der Waals surface area contributed by atoms with Crippen LogP contribution in [0.5, 0.6) is 5.75 Å². The van der Waals surface area contributed by atoms with Gasteiger partial charge in [0.05, 0.1) is 24.0 Å². The summed E-state index contributed by atoms with van der Waals surface area (Å²) in [5.41, 5.74) is 6.72. The monoisotopic (exact) mass is 667 g/mol. The summed E-state index contributed by atoms with van der Waals surface area (Å²) in [5.74, 6) is -0.814. The van der Waals surface area contributed by atoms with Crippen molar-refractivity contribution in [2.45, 2.75) is 98.7 Å². The van der Waals surface area contributed by atoms with Crippen LogP contribution in [0.3, 0.4) is 0 Å². The van der Waals surface area contributed by atoms with Gasteiger partial charge in [0, 0.05) is 60.8 Å². The largest absolute Gasteiger partial charge is 0.496 e. The Kier molecular flexibility index (Phi) is 9.92. The highest BCUT2D eigenvalue weighted by atomic mass is 19.4. The maximum Gasteiger partial charge on any atom is 0.416 e. The zero-order valence-corrected chi connectivity index (χ0v) is 29.3. The summed E-state index contributed by atoms with van der Waals surface area (Å²) in [6.07, 6.45) is -2.90. The number of pyridine rings is 1. The van der Waals surface area contributed by atoms with Crippen molar-refractivity contribution in [3.63, 3.8) is 0 Å². The van der Waals surface area contributed by atoms with Gasteiger partial charge in [-0.3, -0.25) is 9.88 Å². The molecule has 48 heavy (non-hydrogen) atoms. The van der Waals surface area contributed by atoms with E-state index < -0.39 is 29.4 Å². The van der Waals surface area contributed by atoms with Gasteiger partial charge in [0.25, 0.3) is 0 Å². The lowest BCUT2D eigenvalue weighted by Crippen LogP contribution is -2.39. The van der Waals surface area contributed by atoms with Crippen LogP contribution < -0.4 is 9.64 Å². The first-order valence-corrected chi connectivity index (χ1v) is 16.6. The zero-order chi connectivity index (χ0) is 35.2. The normalized spacial score (nSPS) is 17.6. The molecule has 1 aromatic heterocycles. The number of ether oxygens (including phenoxy) is 2. The Morgan fingerprint density at radius 2 is 1.69 bits per heavy atom. The number of rotatable bonds is 8. The number of fused-ring (bicyclic) bond motifs is 1. The van der Waals surface area contributed by atoms with Crippen LogP contribution in [-0.2, 0) is 35.2 Å². The molecule has 0 spiro atoms. The predicted molar refractivity (Wildman–Crippen MR) is 181 cm³/mol. The first-order chi connectivity index (χ1) is 22.4. The third-order valence-electron chi connectivity index (χ3n) is 9.56. The molecule has 3 heterocycles. The van der Waals surface area contributed by atoms with Crippen LogP contribution in [0.25, 0.3) is 11.1 Å². The quantitative estimate of drug-likeness (QED) is 0.258. The first-order valence-electron chi connectivity index (χ1n) is 16.6. The lowest BCUT2D eigenvalue weighted by atomic mass is 9.81. The van der Waals surface area contributed by atoms with Crippen molar-refractivity contribution in [2.24, 2.45) is 5.41 Å². The third kappa shape index (κ3) is 7.81. The van der Waals surface area contributed by atoms with E-state index in [-0.39, 0.29) is 11.2 Å². The molecule has 0 bridgehead atoms. The molecule has 260 valence electrons. The summed E-state index contributed by atoms with van der Waals surface area (Å²) < 4.78 is 51.4. The minimum atomic E-state index is -4.43. The molecule has 3 aromatic rings. The molecular weight excluding hydrogens is 619 g/mol. The number of methoxy groups -OCH3 is 1. The van der Waals surface area contributed by atoms with Crippen LogP contribution in [0, 0.1) is 19.3 Å². The number of hydrogen-bond donors (Lipinski definition) is 1. The van der Waals surface area contributed by atoms with Crippen molar-refractivity contribution >= 4 is 11.7 Å². The van der Waals surface area contributed by atoms with E-state index in [1.54, 1.807) is 0 Å². The third-order valence-corrected chi connectivity index (χ3v) is 9.56. The summed E-state index contributed by atoms with van der Waals surface area (Å²) in [6.45, 7) is 17.4. The minimum Gasteiger partial charge on any atom is -0.496 e. The molecule has 2 aliphatic heterocycles. The van der Waals surface area contributed by atoms with Gasteiger partial charge in [-0.25, -0.2) is 4.79 Å². The Hall–Kier alpha value is -3.63. The van der Waals surface area contributed by atoms with Gasteiger partial charge in [0.15, 0.2) is 6.10 Å². The number of alkyl halides is 3. The second-order valence-electron chi connectivity index (χ2n) is 15.0. The zero-order valence-electron chi connectivity index (χ0n) is 29.3. The Labute approximate surface area is 282 Å². The van der Waals surface area contributed by atoms with Gasteiger partial charge in [-0.2, -0.15) is 13.2 Å². The highest BCUT2D eigenvalue weighted by molar-refractivity contribution is 5.88. The number of hydrogen-bond acceptors (Lipinski definition) is 6. The molecule has 2 aromatic carbocycles. The topological polar surface area (TPSA) is 75.1 Å². The standard InChI is InChI=1S/C38H48F3N3O4/c1-23-31(33(44-17-14-37(6,7)15-18-44)32(24(2)42-23)34(35(45)46)48-36(3,4)5)26-9-10-27-21-43(16-13-25(27)19-26)22-28-11-12-29(38(39,40)41)20-30(28)47-8/h9-12,19-20,34H,13-18,21-22H2,1-8H3,(H,45,46)/t34-/m0/s1. The Balaban J connectivity index is 1.52. The lowest BCUT2D eigenvalue weighted by molar-refractivity contribution is -0.160. The Bertz CT molecular complexity index is 1670. The van der Waals surface area contributed by atoms with Gasteiger partial charge >= 0.3 is 12.1 Å². The van der Waals surface area contributed by atoms with Crippen molar-refractivity contribution < 1.29 is 32.5 Å². The van der Waals surface area contributed by atoms with E-state index in [0.29, 0.717) is 29.9 Å². The number of aryl methyl sites for hydroxylation is 2. The summed E-state index contributed by atoms with van der Waals surface area (Å²) >= 11 is 0. The molecule has 0 radical (unpaired) electrons. The number of carbonyl (C=O) groups is 1. The lowest BCUT2D eigenvalue weighted by Gasteiger charge is -2.41. The SMILES string of the molecule is COc1cc(C(F)(F)F)ccc1CN1CCc2cc(-c3c(C)nc(C)c([C@H](OC(C)(C)C)C(=O)O)c3N3CCC(C)(C)CC3)ccc2C1. The van der Waals surface area contributed by atoms with Gasteiger partial charge < -0.3 is 19.5 Å². The van der Waals surface area contributed by atoms with Crippen LogP contribution >= 0.6 is 0 Å². The second kappa shape index (κ2) is 13.3. The van der Waals surface area contributed by atoms with E-state index >= 15 is 0 Å². The number of halogens is 3. The number of piperidine rings is 1. The highest BCUT2D eigenvalue weighted by Crippen LogP contribution is 2.45. The van der Waals surface area contributed by atoms with Gasteiger partial charge in [0.1, 0.15) is 5.75 Å². The minimum absolute atomic E-state index is 0.199. The van der Waals surface area contributed by atoms with Crippen molar-refractivity contribution in [1.82, 2.24) is 9.88 Å². The summed E-state index contributed by atoms with van der Waals surface area (Å²) in [5, 5.41) is 10.5. The average molecular weight is 668 g/mol. The van der Waals surface area contributed by atoms with Gasteiger partial charge in [0.2, 0.25) is 0 Å². The maximum absolute atomic E-state index is 13.3. The van der Waals surface area contributed by atoms with E-state index in [0.717, 1.165) is 79.1 Å². The fourth-order valence-electron chi connectivity index (χ4n) is 6.95. The van der Waals surface area contributed by atoms with Gasteiger partial charge in [-0.05, 0) is 88.1 Å². The maximum atomic E-state index is 13.3. The van der Waals surface area contributed by atoms with Crippen molar-refractivity contribution in [3.05, 3.63) is 75.6 Å². The van der Waals surface area contributed by atoms with Crippen molar-refractivity contribution in [1.29, 1.82) is 0 Å². The van der Waals surface area contributed by atoms with Crippen molar-refractivity contribution in [2.75, 3.05) is 31.6 Å². The number of aliphatic carboxylic acids is 1. The van der Waals surface area contributed by atoms with Crippen LogP contribution in [-0.4, -0.2) is 53.3 Å². The molecule has 0 unspecified atom stereocenters. The summed E-state index contributed by atoms with van der Waals surface area (Å²) in [6, 6.07) is 10.1. The fourth-order valence-corrected chi connectivity index (χ4v) is 6.95. The van der Waals surface area contributed by atoms with E-state index in [1.165, 1.54) is 18.7 Å². The molecular formula is C38H48F3N3O4. The van der Waals surface area contributed by atoms with Gasteiger partial charge in [-0.15, -0.1) is 0 Å². The average Bonchev–Trinajstić information content (AvgIpc) is 2.99. The number of benzene rings is 2. The molecule has 1 N–H and O–H groups in total. The second-order valence-corrected chi connectivity index (χ2v) is 15.0. The van der Waals surface area contributed by atoms with Gasteiger partial charge in [-0.1, -0.05) is 38.1 Å². The van der Waals surface area contributed by atoms with E-state index in [1.807, 2.05) is 34.6 Å². The van der Waals surface area contributed by atoms with Crippen LogP contribution in [0.2, 0.25) is 0 Å². The van der Waals surface area contributed by atoms with E-state index in [2.05, 4.69) is 41.8 Å². The van der Waals surface area contributed by atoms with Crippen LogP contribution in [0.4, 0.5) is 18.9 Å². The van der Waals surface area contributed by atoms with Crippen LogP contribution in [0.15, 0.2) is 36.4 Å². The molecule has 0 amide bonds. The fraction of sp³-hybridized carbons (Fsp3) is 0.526. The number of anilines is 1. The molecule has 1 atom stereocenters. The Morgan fingerprint density at radius 3 is 2.29 bits per heavy atom. The predicted octanol–water partition coefficient (Wildman–Crippen LogP) is 8.52. The Morgan fingerprint density at radius 1 is 1.00 bits per heavy atom. The molecule has 7 nitrogen and oxygen atoms in total. The summed E-state index contributed by atoms with van der Waals surface area (Å²) in [7, 11) is 1.40. The molecule has 5 rings (SSSR count). The van der Waals surface area contributed by atoms with Crippen LogP contribution in [0.1, 0.15) is 92.8 Å². The van der Waals surface area contributed by atoms with E-state index in [9.17, 15) is 23.1 Å². The summed E-state index contributed by atoms with van der Waals surface area (Å²) in [4.78, 5) is 22.3. The molecule has 2 aliphatic rings. The number of nitrogens with zero attached hydrogens (tertiary/aromatic N) is 3. The molecule has 1 saturated heterocycles. The molecule has 1 fully saturated rings. The molecule has 0 saturated carbocycles. The molecule has 10 heteroatoms. The number of aromatic nitrogens is 1.